The first-order valence-electron chi connectivity index (χ1n) is 6.20. The van der Waals surface area contributed by atoms with E-state index in [4.69, 9.17) is 5.53 Å². The zero-order valence-corrected chi connectivity index (χ0v) is 13.9. The molecule has 1 atom stereocenters. The molecule has 0 N–H and O–H groups in total. The average molecular weight is 374 g/mol. The second-order valence-corrected chi connectivity index (χ2v) is 6.27. The Bertz CT molecular complexity index is 618. The first-order chi connectivity index (χ1) is 9.90. The van der Waals surface area contributed by atoms with E-state index in [1.54, 1.807) is 0 Å². The number of azide groups is 1. The molecule has 0 aliphatic rings. The van der Waals surface area contributed by atoms with E-state index < -0.39 is 11.7 Å². The van der Waals surface area contributed by atoms with Crippen molar-refractivity contribution in [3.63, 3.8) is 0 Å². The molecule has 0 fully saturated rings. The fourth-order valence-electron chi connectivity index (χ4n) is 1.63. The van der Waals surface area contributed by atoms with Crippen molar-refractivity contribution in [3.05, 3.63) is 38.4 Å². The van der Waals surface area contributed by atoms with Gasteiger partial charge in [-0.2, -0.15) is 0 Å². The van der Waals surface area contributed by atoms with E-state index in [-0.39, 0.29) is 16.6 Å². The highest BCUT2D eigenvalue weighted by molar-refractivity contribution is 9.10. The van der Waals surface area contributed by atoms with E-state index in [1.165, 1.54) is 6.07 Å². The predicted molar refractivity (Wildman–Crippen MR) is 82.5 cm³/mol. The molecular formula is C13H13BrFN3O2S. The highest BCUT2D eigenvalue weighted by Crippen LogP contribution is 2.33. The van der Waals surface area contributed by atoms with Crippen molar-refractivity contribution in [3.8, 4) is 0 Å². The van der Waals surface area contributed by atoms with Crippen molar-refractivity contribution >= 4 is 38.7 Å². The van der Waals surface area contributed by atoms with Gasteiger partial charge in [0.15, 0.2) is 5.12 Å². The van der Waals surface area contributed by atoms with E-state index in [0.717, 1.165) is 30.7 Å². The Morgan fingerprint density at radius 3 is 2.76 bits per heavy atom. The zero-order chi connectivity index (χ0) is 16.0. The van der Waals surface area contributed by atoms with Crippen LogP contribution in [-0.4, -0.2) is 11.0 Å². The number of nitrogens with zero attached hydrogens (tertiary/aromatic N) is 3. The summed E-state index contributed by atoms with van der Waals surface area (Å²) in [7, 11) is 0. The number of carbonyl (C=O) groups excluding carboxylic acids is 2. The molecule has 1 rings (SSSR count). The Kier molecular flexibility index (Phi) is 6.87. The minimum Gasteiger partial charge on any atom is -0.287 e. The van der Waals surface area contributed by atoms with Gasteiger partial charge < -0.3 is 0 Å². The molecule has 0 aromatic heterocycles. The third-order valence-electron chi connectivity index (χ3n) is 2.72. The van der Waals surface area contributed by atoms with Crippen LogP contribution in [0.1, 0.15) is 37.0 Å². The molecule has 0 saturated carbocycles. The first-order valence-corrected chi connectivity index (χ1v) is 7.81. The van der Waals surface area contributed by atoms with Gasteiger partial charge in [-0.15, -0.1) is 0 Å². The van der Waals surface area contributed by atoms with Crippen molar-refractivity contribution in [2.24, 2.45) is 11.0 Å². The Hall–Kier alpha value is -1.37. The van der Waals surface area contributed by atoms with Gasteiger partial charge in [0.1, 0.15) is 5.82 Å². The molecule has 112 valence electrons. The standard InChI is InChI=1S/C13H13BrFN3O2S/c1-3-4-7(2)13(20)21-11-5-8(12(19)17-18-16)10(15)6-9(11)14/h5-7H,3-4H2,1-2H3. The van der Waals surface area contributed by atoms with Gasteiger partial charge in [-0.3, -0.25) is 9.59 Å². The number of rotatable bonds is 5. The van der Waals surface area contributed by atoms with E-state index in [9.17, 15) is 14.0 Å². The lowest BCUT2D eigenvalue weighted by Gasteiger charge is -2.10. The fourth-order valence-corrected chi connectivity index (χ4v) is 3.05. The third-order valence-corrected chi connectivity index (χ3v) is 4.80. The van der Waals surface area contributed by atoms with E-state index >= 15 is 0 Å². The molecular weight excluding hydrogens is 361 g/mol. The molecule has 8 heteroatoms. The van der Waals surface area contributed by atoms with Gasteiger partial charge in [-0.1, -0.05) is 32.0 Å². The maximum Gasteiger partial charge on any atom is 0.252 e. The summed E-state index contributed by atoms with van der Waals surface area (Å²) in [6, 6.07) is 2.30. The second kappa shape index (κ2) is 8.17. The fraction of sp³-hybridized carbons (Fsp3) is 0.385. The summed E-state index contributed by atoms with van der Waals surface area (Å²) in [5.74, 6) is -1.95. The van der Waals surface area contributed by atoms with Crippen LogP contribution in [0, 0.1) is 11.7 Å². The molecule has 0 spiro atoms. The molecule has 5 nitrogen and oxygen atoms in total. The summed E-state index contributed by atoms with van der Waals surface area (Å²) in [4.78, 5) is 26.3. The SMILES string of the molecule is CCCC(C)C(=O)Sc1cc(C(=O)N=[N+]=[N-])c(F)cc1Br. The topological polar surface area (TPSA) is 82.9 Å². The van der Waals surface area contributed by atoms with Crippen LogP contribution in [0.5, 0.6) is 0 Å². The van der Waals surface area contributed by atoms with E-state index in [0.29, 0.717) is 9.37 Å². The minimum absolute atomic E-state index is 0.0636. The predicted octanol–water partition coefficient (Wildman–Crippen LogP) is 5.09. The number of amides is 1. The quantitative estimate of drug-likeness (QED) is 0.311. The molecule has 1 aromatic rings. The smallest absolute Gasteiger partial charge is 0.252 e. The highest BCUT2D eigenvalue weighted by Gasteiger charge is 2.19. The van der Waals surface area contributed by atoms with Gasteiger partial charge in [0.2, 0.25) is 0 Å². The zero-order valence-electron chi connectivity index (χ0n) is 11.5. The first kappa shape index (κ1) is 17.7. The van der Waals surface area contributed by atoms with Crippen molar-refractivity contribution in [2.75, 3.05) is 0 Å². The van der Waals surface area contributed by atoms with Crippen LogP contribution in [0.4, 0.5) is 4.39 Å². The molecule has 0 bridgehead atoms. The number of halogens is 2. The van der Waals surface area contributed by atoms with Crippen LogP contribution in [0.2, 0.25) is 0 Å². The van der Waals surface area contributed by atoms with E-state index in [1.807, 2.05) is 13.8 Å². The summed E-state index contributed by atoms with van der Waals surface area (Å²) in [5.41, 5.74) is 7.88. The highest BCUT2D eigenvalue weighted by atomic mass is 79.9. The van der Waals surface area contributed by atoms with Gasteiger partial charge in [0, 0.05) is 20.2 Å². The summed E-state index contributed by atoms with van der Waals surface area (Å²) < 4.78 is 14.1. The normalized spacial score (nSPS) is 11.6. The van der Waals surface area contributed by atoms with Crippen molar-refractivity contribution < 1.29 is 14.0 Å². The van der Waals surface area contributed by atoms with Crippen LogP contribution in [0.15, 0.2) is 26.6 Å². The molecule has 0 heterocycles. The minimum atomic E-state index is -1.02. The van der Waals surface area contributed by atoms with Crippen molar-refractivity contribution in [1.82, 2.24) is 0 Å². The third kappa shape index (κ3) is 4.84. The van der Waals surface area contributed by atoms with Gasteiger partial charge in [0.05, 0.1) is 5.56 Å². The molecule has 0 radical (unpaired) electrons. The van der Waals surface area contributed by atoms with Crippen LogP contribution in [0.3, 0.4) is 0 Å². The van der Waals surface area contributed by atoms with Crippen LogP contribution >= 0.6 is 27.7 Å². The van der Waals surface area contributed by atoms with Gasteiger partial charge >= 0.3 is 0 Å². The Balaban J connectivity index is 3.08. The number of benzene rings is 1. The molecule has 21 heavy (non-hydrogen) atoms. The Morgan fingerprint density at radius 2 is 2.19 bits per heavy atom. The van der Waals surface area contributed by atoms with Gasteiger partial charge in [-0.25, -0.2) is 4.39 Å². The molecule has 1 amide bonds. The molecule has 1 unspecified atom stereocenters. The molecule has 1 aromatic carbocycles. The summed E-state index contributed by atoms with van der Waals surface area (Å²) in [5, 5.41) is 2.80. The van der Waals surface area contributed by atoms with Crippen molar-refractivity contribution in [2.45, 2.75) is 31.6 Å². The monoisotopic (exact) mass is 373 g/mol. The van der Waals surface area contributed by atoms with Crippen LogP contribution in [-0.2, 0) is 4.79 Å². The second-order valence-electron chi connectivity index (χ2n) is 4.37. The largest absolute Gasteiger partial charge is 0.287 e. The Labute approximate surface area is 134 Å². The summed E-state index contributed by atoms with van der Waals surface area (Å²) in [6.07, 6.45) is 1.65. The molecule has 0 aliphatic heterocycles. The molecule has 0 aliphatic carbocycles. The maximum absolute atomic E-state index is 13.7. The number of hydrogen-bond donors (Lipinski definition) is 0. The lowest BCUT2D eigenvalue weighted by atomic mass is 10.1. The summed E-state index contributed by atoms with van der Waals surface area (Å²) in [6.45, 7) is 3.81. The van der Waals surface area contributed by atoms with E-state index in [2.05, 4.69) is 26.0 Å². The Morgan fingerprint density at radius 1 is 1.52 bits per heavy atom. The number of thioether (sulfide) groups is 1. The van der Waals surface area contributed by atoms with Crippen LogP contribution in [0.25, 0.3) is 10.4 Å². The maximum atomic E-state index is 13.7. The number of hydrogen-bond acceptors (Lipinski definition) is 3. The van der Waals surface area contributed by atoms with Crippen LogP contribution < -0.4 is 0 Å². The summed E-state index contributed by atoms with van der Waals surface area (Å²) >= 11 is 4.10. The number of carbonyl (C=O) groups is 2. The van der Waals surface area contributed by atoms with Gasteiger partial charge in [0.25, 0.3) is 5.91 Å². The lowest BCUT2D eigenvalue weighted by Crippen LogP contribution is -2.07. The lowest BCUT2D eigenvalue weighted by molar-refractivity contribution is -0.114. The average Bonchev–Trinajstić information content (AvgIpc) is 2.42. The van der Waals surface area contributed by atoms with Crippen molar-refractivity contribution in [1.29, 1.82) is 0 Å². The van der Waals surface area contributed by atoms with Gasteiger partial charge in [-0.05, 0) is 45.1 Å². The molecule has 0 saturated heterocycles.